The molecular formula is C14H22N2O3S. The van der Waals surface area contributed by atoms with Crippen LogP contribution >= 0.6 is 0 Å². The summed E-state index contributed by atoms with van der Waals surface area (Å²) in [5.74, 6) is 0.0665. The molecule has 0 aliphatic carbocycles. The smallest absolute Gasteiger partial charge is 0.240 e. The van der Waals surface area contributed by atoms with Crippen LogP contribution in [0.15, 0.2) is 29.2 Å². The van der Waals surface area contributed by atoms with Gasteiger partial charge in [0.05, 0.1) is 4.90 Å². The Labute approximate surface area is 120 Å². The van der Waals surface area contributed by atoms with Crippen molar-refractivity contribution in [1.29, 1.82) is 0 Å². The SMILES string of the molecule is CCCN1CCC(NS(=O)(=O)c2ccc(O)cc2)CC1. The molecule has 1 aliphatic heterocycles. The topological polar surface area (TPSA) is 69.6 Å². The lowest BCUT2D eigenvalue weighted by molar-refractivity contribution is 0.208. The van der Waals surface area contributed by atoms with E-state index in [4.69, 9.17) is 0 Å². The fraction of sp³-hybridized carbons (Fsp3) is 0.571. The predicted octanol–water partition coefficient (Wildman–Crippen LogP) is 1.54. The van der Waals surface area contributed by atoms with Crippen molar-refractivity contribution in [3.63, 3.8) is 0 Å². The molecule has 1 aliphatic rings. The van der Waals surface area contributed by atoms with E-state index in [1.807, 2.05) is 0 Å². The van der Waals surface area contributed by atoms with Crippen molar-refractivity contribution in [2.45, 2.75) is 37.1 Å². The lowest BCUT2D eigenvalue weighted by atomic mass is 10.1. The monoisotopic (exact) mass is 298 g/mol. The Morgan fingerprint density at radius 1 is 1.25 bits per heavy atom. The number of phenols is 1. The highest BCUT2D eigenvalue weighted by Crippen LogP contribution is 2.17. The molecule has 1 aromatic rings. The second kappa shape index (κ2) is 6.56. The number of hydrogen-bond acceptors (Lipinski definition) is 4. The van der Waals surface area contributed by atoms with Gasteiger partial charge in [0, 0.05) is 6.04 Å². The molecule has 1 aromatic carbocycles. The summed E-state index contributed by atoms with van der Waals surface area (Å²) in [6.07, 6.45) is 2.82. The normalized spacial score (nSPS) is 18.2. The van der Waals surface area contributed by atoms with Crippen LogP contribution in [-0.2, 0) is 10.0 Å². The highest BCUT2D eigenvalue weighted by Gasteiger charge is 2.24. The number of nitrogens with zero attached hydrogens (tertiary/aromatic N) is 1. The van der Waals surface area contributed by atoms with Crippen LogP contribution in [0.1, 0.15) is 26.2 Å². The van der Waals surface area contributed by atoms with Gasteiger partial charge < -0.3 is 10.0 Å². The maximum absolute atomic E-state index is 12.2. The molecule has 112 valence electrons. The second-order valence-corrected chi connectivity index (χ2v) is 6.95. The number of phenolic OH excluding ortho intramolecular Hbond substituents is 1. The molecule has 2 rings (SSSR count). The van der Waals surface area contributed by atoms with Crippen LogP contribution in [0.25, 0.3) is 0 Å². The second-order valence-electron chi connectivity index (χ2n) is 5.23. The van der Waals surface area contributed by atoms with Crippen molar-refractivity contribution in [3.8, 4) is 5.75 Å². The summed E-state index contributed by atoms with van der Waals surface area (Å²) in [6, 6.07) is 5.62. The summed E-state index contributed by atoms with van der Waals surface area (Å²) >= 11 is 0. The molecular weight excluding hydrogens is 276 g/mol. The zero-order valence-corrected chi connectivity index (χ0v) is 12.6. The van der Waals surface area contributed by atoms with E-state index in [1.165, 1.54) is 24.3 Å². The molecule has 0 unspecified atom stereocenters. The largest absolute Gasteiger partial charge is 0.508 e. The van der Waals surface area contributed by atoms with Gasteiger partial charge in [0.25, 0.3) is 0 Å². The number of rotatable bonds is 5. The molecule has 0 spiro atoms. The van der Waals surface area contributed by atoms with Crippen molar-refractivity contribution < 1.29 is 13.5 Å². The van der Waals surface area contributed by atoms with Crippen LogP contribution in [0, 0.1) is 0 Å². The van der Waals surface area contributed by atoms with E-state index in [2.05, 4.69) is 16.5 Å². The molecule has 0 bridgehead atoms. The van der Waals surface area contributed by atoms with Gasteiger partial charge in [-0.2, -0.15) is 0 Å². The Morgan fingerprint density at radius 2 is 1.85 bits per heavy atom. The van der Waals surface area contributed by atoms with E-state index in [1.54, 1.807) is 0 Å². The van der Waals surface area contributed by atoms with Gasteiger partial charge in [-0.3, -0.25) is 0 Å². The van der Waals surface area contributed by atoms with E-state index < -0.39 is 10.0 Å². The zero-order valence-electron chi connectivity index (χ0n) is 11.7. The standard InChI is InChI=1S/C14H22N2O3S/c1-2-9-16-10-7-12(8-11-16)15-20(18,19)14-5-3-13(17)4-6-14/h3-6,12,15,17H,2,7-11H2,1H3. The third-order valence-electron chi connectivity index (χ3n) is 3.60. The Balaban J connectivity index is 1.94. The maximum atomic E-state index is 12.2. The summed E-state index contributed by atoms with van der Waals surface area (Å²) in [5.41, 5.74) is 0. The van der Waals surface area contributed by atoms with Crippen LogP contribution in [0.4, 0.5) is 0 Å². The van der Waals surface area contributed by atoms with Crippen LogP contribution in [0.2, 0.25) is 0 Å². The lowest BCUT2D eigenvalue weighted by Crippen LogP contribution is -2.44. The van der Waals surface area contributed by atoms with E-state index in [9.17, 15) is 13.5 Å². The Bertz CT molecular complexity index is 520. The minimum absolute atomic E-state index is 0.00177. The molecule has 0 radical (unpaired) electrons. The fourth-order valence-corrected chi connectivity index (χ4v) is 3.81. The van der Waals surface area contributed by atoms with Crippen molar-refractivity contribution in [2.75, 3.05) is 19.6 Å². The number of likely N-dealkylation sites (tertiary alicyclic amines) is 1. The third kappa shape index (κ3) is 3.94. The van der Waals surface area contributed by atoms with E-state index in [-0.39, 0.29) is 16.7 Å². The van der Waals surface area contributed by atoms with Crippen LogP contribution in [-0.4, -0.2) is 44.1 Å². The summed E-state index contributed by atoms with van der Waals surface area (Å²) < 4.78 is 27.2. The Kier molecular flexibility index (Phi) is 5.01. The molecule has 0 saturated carbocycles. The van der Waals surface area contributed by atoms with Gasteiger partial charge in [-0.05, 0) is 63.2 Å². The van der Waals surface area contributed by atoms with Gasteiger partial charge in [-0.15, -0.1) is 0 Å². The summed E-state index contributed by atoms with van der Waals surface area (Å²) in [5, 5.41) is 9.20. The number of benzene rings is 1. The molecule has 0 amide bonds. The van der Waals surface area contributed by atoms with Gasteiger partial charge in [-0.1, -0.05) is 6.92 Å². The van der Waals surface area contributed by atoms with Crippen LogP contribution < -0.4 is 4.72 Å². The molecule has 5 nitrogen and oxygen atoms in total. The van der Waals surface area contributed by atoms with Gasteiger partial charge in [0.1, 0.15) is 5.75 Å². The first-order valence-electron chi connectivity index (χ1n) is 7.05. The molecule has 0 aromatic heterocycles. The Hall–Kier alpha value is -1.11. The van der Waals surface area contributed by atoms with Crippen LogP contribution in [0.5, 0.6) is 5.75 Å². The first-order valence-corrected chi connectivity index (χ1v) is 8.53. The molecule has 1 heterocycles. The molecule has 20 heavy (non-hydrogen) atoms. The average molecular weight is 298 g/mol. The molecule has 1 fully saturated rings. The number of aromatic hydroxyl groups is 1. The van der Waals surface area contributed by atoms with Gasteiger partial charge in [0.2, 0.25) is 10.0 Å². The highest BCUT2D eigenvalue weighted by atomic mass is 32.2. The number of nitrogens with one attached hydrogen (secondary N) is 1. The van der Waals surface area contributed by atoms with Crippen LogP contribution in [0.3, 0.4) is 0 Å². The first kappa shape index (κ1) is 15.3. The zero-order chi connectivity index (χ0) is 14.6. The third-order valence-corrected chi connectivity index (χ3v) is 5.13. The summed E-state index contributed by atoms with van der Waals surface area (Å²) in [6.45, 7) is 5.12. The molecule has 0 atom stereocenters. The number of piperidine rings is 1. The summed E-state index contributed by atoms with van der Waals surface area (Å²) in [7, 11) is -3.49. The van der Waals surface area contributed by atoms with Gasteiger partial charge in [-0.25, -0.2) is 13.1 Å². The van der Waals surface area contributed by atoms with Crippen molar-refractivity contribution >= 4 is 10.0 Å². The van der Waals surface area contributed by atoms with Gasteiger partial charge in [0.15, 0.2) is 0 Å². The van der Waals surface area contributed by atoms with Crippen molar-refractivity contribution in [3.05, 3.63) is 24.3 Å². The van der Waals surface area contributed by atoms with Gasteiger partial charge >= 0.3 is 0 Å². The number of hydrogen-bond donors (Lipinski definition) is 2. The average Bonchev–Trinajstić information content (AvgIpc) is 2.41. The molecule has 6 heteroatoms. The minimum Gasteiger partial charge on any atom is -0.508 e. The van der Waals surface area contributed by atoms with E-state index >= 15 is 0 Å². The number of sulfonamides is 1. The quantitative estimate of drug-likeness (QED) is 0.865. The predicted molar refractivity (Wildman–Crippen MR) is 78.2 cm³/mol. The summed E-state index contributed by atoms with van der Waals surface area (Å²) in [4.78, 5) is 2.57. The fourth-order valence-electron chi connectivity index (χ4n) is 2.50. The van der Waals surface area contributed by atoms with E-state index in [0.29, 0.717) is 0 Å². The van der Waals surface area contributed by atoms with Crippen molar-refractivity contribution in [2.24, 2.45) is 0 Å². The highest BCUT2D eigenvalue weighted by molar-refractivity contribution is 7.89. The molecule has 1 saturated heterocycles. The lowest BCUT2D eigenvalue weighted by Gasteiger charge is -2.31. The Morgan fingerprint density at radius 3 is 2.40 bits per heavy atom. The minimum atomic E-state index is -3.49. The van der Waals surface area contributed by atoms with E-state index in [0.717, 1.165) is 38.9 Å². The molecule has 2 N–H and O–H groups in total. The maximum Gasteiger partial charge on any atom is 0.240 e. The van der Waals surface area contributed by atoms with Crippen molar-refractivity contribution in [1.82, 2.24) is 9.62 Å². The first-order chi connectivity index (χ1) is 9.51.